The van der Waals surface area contributed by atoms with E-state index < -0.39 is 4.92 Å². The molecule has 2 rings (SSSR count). The lowest BCUT2D eigenvalue weighted by Gasteiger charge is -2.12. The first kappa shape index (κ1) is 20.0. The van der Waals surface area contributed by atoms with Crippen molar-refractivity contribution in [2.75, 3.05) is 32.1 Å². The molecule has 0 fully saturated rings. The van der Waals surface area contributed by atoms with Gasteiger partial charge in [-0.2, -0.15) is 0 Å². The molecule has 0 saturated heterocycles. The topological polar surface area (TPSA) is 101 Å². The van der Waals surface area contributed by atoms with Crippen LogP contribution in [0.3, 0.4) is 0 Å². The predicted molar refractivity (Wildman–Crippen MR) is 107 cm³/mol. The highest BCUT2D eigenvalue weighted by atomic mass is 16.6. The molecule has 0 bridgehead atoms. The molecule has 2 aromatic carbocycles. The second-order valence-corrected chi connectivity index (χ2v) is 5.70. The summed E-state index contributed by atoms with van der Waals surface area (Å²) in [5, 5.41) is 20.3. The predicted octanol–water partition coefficient (Wildman–Crippen LogP) is 2.77. The maximum Gasteiger partial charge on any atom is 0.269 e. The normalized spacial score (nSPS) is 11.0. The van der Waals surface area contributed by atoms with E-state index in [0.717, 1.165) is 29.5 Å². The molecule has 0 amide bonds. The zero-order chi connectivity index (χ0) is 19.5. The van der Waals surface area contributed by atoms with Gasteiger partial charge in [-0.15, -0.1) is 0 Å². The molecule has 8 heteroatoms. The Kier molecular flexibility index (Phi) is 7.90. The maximum absolute atomic E-state index is 10.7. The summed E-state index contributed by atoms with van der Waals surface area (Å²) in [7, 11) is 1.64. The van der Waals surface area contributed by atoms with Crippen LogP contribution in [0.2, 0.25) is 0 Å². The van der Waals surface area contributed by atoms with E-state index >= 15 is 0 Å². The zero-order valence-corrected chi connectivity index (χ0v) is 15.6. The Bertz CT molecular complexity index is 762. The number of aliphatic imine (C=N–C) groups is 1. The van der Waals surface area contributed by atoms with Gasteiger partial charge in [-0.25, -0.2) is 4.99 Å². The average Bonchev–Trinajstić information content (AvgIpc) is 2.69. The maximum atomic E-state index is 10.7. The fraction of sp³-hybridized carbons (Fsp3) is 0.316. The van der Waals surface area contributed by atoms with Crippen molar-refractivity contribution in [2.24, 2.45) is 4.99 Å². The van der Waals surface area contributed by atoms with Crippen LogP contribution in [0.1, 0.15) is 12.5 Å². The lowest BCUT2D eigenvalue weighted by Crippen LogP contribution is -2.39. The molecule has 8 nitrogen and oxygen atoms in total. The number of ether oxygens (including phenoxy) is 1. The number of nitro groups is 1. The Hall–Kier alpha value is -3.29. The molecule has 0 aliphatic rings. The molecule has 0 aromatic heterocycles. The minimum Gasteiger partial charge on any atom is -0.497 e. The summed E-state index contributed by atoms with van der Waals surface area (Å²) >= 11 is 0. The molecular formula is C19H25N5O3. The van der Waals surface area contributed by atoms with E-state index in [1.165, 1.54) is 12.1 Å². The molecule has 0 aliphatic carbocycles. The van der Waals surface area contributed by atoms with E-state index in [2.05, 4.69) is 20.9 Å². The Morgan fingerprint density at radius 1 is 1.15 bits per heavy atom. The number of guanidine groups is 1. The van der Waals surface area contributed by atoms with E-state index in [1.807, 2.05) is 31.2 Å². The second kappa shape index (κ2) is 10.6. The quantitative estimate of drug-likeness (QED) is 0.206. The van der Waals surface area contributed by atoms with Crippen LogP contribution >= 0.6 is 0 Å². The number of hydrogen-bond donors (Lipinski definition) is 3. The van der Waals surface area contributed by atoms with Crippen molar-refractivity contribution in [2.45, 2.75) is 13.5 Å². The number of methoxy groups -OCH3 is 1. The first-order valence-corrected chi connectivity index (χ1v) is 8.76. The van der Waals surface area contributed by atoms with E-state index in [1.54, 1.807) is 19.2 Å². The molecular weight excluding hydrogens is 346 g/mol. The molecule has 2 aromatic rings. The number of nitrogens with zero attached hydrogens (tertiary/aromatic N) is 2. The van der Waals surface area contributed by atoms with Gasteiger partial charge in [0, 0.05) is 37.5 Å². The van der Waals surface area contributed by atoms with Gasteiger partial charge in [-0.3, -0.25) is 10.1 Å². The zero-order valence-electron chi connectivity index (χ0n) is 15.6. The summed E-state index contributed by atoms with van der Waals surface area (Å²) in [6, 6.07) is 14.2. The van der Waals surface area contributed by atoms with Crippen molar-refractivity contribution in [3.8, 4) is 5.75 Å². The Labute approximate surface area is 158 Å². The van der Waals surface area contributed by atoms with Gasteiger partial charge in [0.05, 0.1) is 18.6 Å². The van der Waals surface area contributed by atoms with Crippen LogP contribution in [0.5, 0.6) is 5.75 Å². The van der Waals surface area contributed by atoms with Gasteiger partial charge in [-0.05, 0) is 36.8 Å². The molecule has 27 heavy (non-hydrogen) atoms. The fourth-order valence-corrected chi connectivity index (χ4v) is 2.37. The lowest BCUT2D eigenvalue weighted by atomic mass is 10.2. The number of nitrogens with one attached hydrogen (secondary N) is 3. The van der Waals surface area contributed by atoms with E-state index in [4.69, 9.17) is 4.74 Å². The summed E-state index contributed by atoms with van der Waals surface area (Å²) in [4.78, 5) is 14.8. The molecule has 0 radical (unpaired) electrons. The highest BCUT2D eigenvalue weighted by Gasteiger charge is 2.03. The summed E-state index contributed by atoms with van der Waals surface area (Å²) in [6.07, 6.45) is 0. The third-order valence-electron chi connectivity index (χ3n) is 3.72. The number of nitro benzene ring substituents is 1. The molecule has 0 heterocycles. The Morgan fingerprint density at radius 2 is 1.93 bits per heavy atom. The fourth-order valence-electron chi connectivity index (χ4n) is 2.37. The smallest absolute Gasteiger partial charge is 0.269 e. The lowest BCUT2D eigenvalue weighted by molar-refractivity contribution is -0.384. The summed E-state index contributed by atoms with van der Waals surface area (Å²) < 4.78 is 5.23. The van der Waals surface area contributed by atoms with Crippen LogP contribution in [0.25, 0.3) is 0 Å². The SMILES string of the molecule is CCNC(=NCc1cccc(OC)c1)NCCNc1ccc([N+](=O)[O-])cc1. The summed E-state index contributed by atoms with van der Waals surface area (Å²) in [5.41, 5.74) is 1.98. The van der Waals surface area contributed by atoms with Gasteiger partial charge in [-0.1, -0.05) is 12.1 Å². The molecule has 144 valence electrons. The van der Waals surface area contributed by atoms with Gasteiger partial charge in [0.25, 0.3) is 5.69 Å². The van der Waals surface area contributed by atoms with Gasteiger partial charge in [0.1, 0.15) is 5.75 Å². The third kappa shape index (κ3) is 6.85. The second-order valence-electron chi connectivity index (χ2n) is 5.70. The van der Waals surface area contributed by atoms with Gasteiger partial charge < -0.3 is 20.7 Å². The highest BCUT2D eigenvalue weighted by molar-refractivity contribution is 5.79. The van der Waals surface area contributed by atoms with Crippen LogP contribution in [0.15, 0.2) is 53.5 Å². The van der Waals surface area contributed by atoms with Crippen LogP contribution < -0.4 is 20.7 Å². The minimum atomic E-state index is -0.410. The average molecular weight is 371 g/mol. The standard InChI is InChI=1S/C19H25N5O3/c1-3-20-19(23-14-15-5-4-6-18(13-15)27-2)22-12-11-21-16-7-9-17(10-8-16)24(25)26/h4-10,13,21H,3,11-12,14H2,1-2H3,(H2,20,22,23). The largest absolute Gasteiger partial charge is 0.497 e. The first-order chi connectivity index (χ1) is 13.1. The molecule has 0 atom stereocenters. The van der Waals surface area contributed by atoms with Crippen molar-refractivity contribution < 1.29 is 9.66 Å². The summed E-state index contributed by atoms with van der Waals surface area (Å²) in [5.74, 6) is 1.54. The molecule has 0 aliphatic heterocycles. The van der Waals surface area contributed by atoms with Crippen molar-refractivity contribution in [1.29, 1.82) is 0 Å². The van der Waals surface area contributed by atoms with Crippen LogP contribution in [0, 0.1) is 10.1 Å². The van der Waals surface area contributed by atoms with Gasteiger partial charge in [0.2, 0.25) is 0 Å². The van der Waals surface area contributed by atoms with Crippen molar-refractivity contribution in [3.63, 3.8) is 0 Å². The van der Waals surface area contributed by atoms with Gasteiger partial charge in [0.15, 0.2) is 5.96 Å². The van der Waals surface area contributed by atoms with Crippen LogP contribution in [-0.4, -0.2) is 37.6 Å². The van der Waals surface area contributed by atoms with Crippen LogP contribution in [-0.2, 0) is 6.54 Å². The van der Waals surface area contributed by atoms with Crippen molar-refractivity contribution in [1.82, 2.24) is 10.6 Å². The molecule has 3 N–H and O–H groups in total. The molecule has 0 spiro atoms. The molecule has 0 saturated carbocycles. The third-order valence-corrected chi connectivity index (χ3v) is 3.72. The Morgan fingerprint density at radius 3 is 2.59 bits per heavy atom. The van der Waals surface area contributed by atoms with Gasteiger partial charge >= 0.3 is 0 Å². The number of benzene rings is 2. The highest BCUT2D eigenvalue weighted by Crippen LogP contribution is 2.15. The Balaban J connectivity index is 1.81. The van der Waals surface area contributed by atoms with E-state index in [-0.39, 0.29) is 5.69 Å². The van der Waals surface area contributed by atoms with Crippen molar-refractivity contribution >= 4 is 17.3 Å². The summed E-state index contributed by atoms with van der Waals surface area (Å²) in [6.45, 7) is 4.63. The van der Waals surface area contributed by atoms with Crippen LogP contribution in [0.4, 0.5) is 11.4 Å². The van der Waals surface area contributed by atoms with E-state index in [9.17, 15) is 10.1 Å². The number of anilines is 1. The monoisotopic (exact) mass is 371 g/mol. The number of non-ortho nitro benzene ring substituents is 1. The number of rotatable bonds is 9. The minimum absolute atomic E-state index is 0.0813. The number of hydrogen-bond acceptors (Lipinski definition) is 5. The molecule has 0 unspecified atom stereocenters. The first-order valence-electron chi connectivity index (χ1n) is 8.76. The van der Waals surface area contributed by atoms with Crippen molar-refractivity contribution in [3.05, 3.63) is 64.2 Å². The van der Waals surface area contributed by atoms with E-state index in [0.29, 0.717) is 19.6 Å².